The first-order valence-corrected chi connectivity index (χ1v) is 9.09. The molecule has 0 unspecified atom stereocenters. The zero-order chi connectivity index (χ0) is 16.5. The molecule has 6 nitrogen and oxygen atoms in total. The van der Waals surface area contributed by atoms with Gasteiger partial charge in [-0.1, -0.05) is 0 Å². The van der Waals surface area contributed by atoms with E-state index >= 15 is 0 Å². The third kappa shape index (κ3) is 2.97. The van der Waals surface area contributed by atoms with Gasteiger partial charge in [0.2, 0.25) is 0 Å². The van der Waals surface area contributed by atoms with Gasteiger partial charge in [0.25, 0.3) is 0 Å². The number of thiazole rings is 1. The Morgan fingerprint density at radius 3 is 2.96 bits per heavy atom. The minimum atomic E-state index is 0.255. The van der Waals surface area contributed by atoms with E-state index in [0.717, 1.165) is 48.2 Å². The molecule has 1 saturated heterocycles. The van der Waals surface area contributed by atoms with E-state index in [0.29, 0.717) is 0 Å². The van der Waals surface area contributed by atoms with Crippen LogP contribution in [0.3, 0.4) is 0 Å². The van der Waals surface area contributed by atoms with Crippen LogP contribution in [-0.4, -0.2) is 35.9 Å². The Kier molecular flexibility index (Phi) is 4.12. The molecule has 4 heterocycles. The van der Waals surface area contributed by atoms with Crippen LogP contribution < -0.4 is 0 Å². The summed E-state index contributed by atoms with van der Waals surface area (Å²) in [6.07, 6.45) is 6.00. The SMILES string of the molecule is Cc1cc(-c2nccn2C)nc([C@H]2CCCN2Cc2cscn2)n1. The third-order valence-electron chi connectivity index (χ3n) is 4.43. The van der Waals surface area contributed by atoms with E-state index in [4.69, 9.17) is 9.97 Å². The molecule has 0 aromatic carbocycles. The van der Waals surface area contributed by atoms with Crippen LogP contribution in [0.5, 0.6) is 0 Å². The summed E-state index contributed by atoms with van der Waals surface area (Å²) in [5.74, 6) is 1.78. The second kappa shape index (κ2) is 6.41. The van der Waals surface area contributed by atoms with E-state index in [-0.39, 0.29) is 6.04 Å². The average Bonchev–Trinajstić information content (AvgIpc) is 3.29. The van der Waals surface area contributed by atoms with Crippen molar-refractivity contribution in [2.24, 2.45) is 7.05 Å². The molecular formula is C17H20N6S. The highest BCUT2D eigenvalue weighted by Crippen LogP contribution is 2.32. The summed E-state index contributed by atoms with van der Waals surface area (Å²) in [4.78, 5) is 20.9. The lowest BCUT2D eigenvalue weighted by atomic mass is 10.2. The Labute approximate surface area is 145 Å². The maximum absolute atomic E-state index is 4.84. The molecule has 0 saturated carbocycles. The highest BCUT2D eigenvalue weighted by molar-refractivity contribution is 7.07. The minimum absolute atomic E-state index is 0.255. The summed E-state index contributed by atoms with van der Waals surface area (Å²) < 4.78 is 1.99. The molecule has 24 heavy (non-hydrogen) atoms. The summed E-state index contributed by atoms with van der Waals surface area (Å²) in [5.41, 5.74) is 4.90. The molecule has 1 aliphatic rings. The highest BCUT2D eigenvalue weighted by atomic mass is 32.1. The summed E-state index contributed by atoms with van der Waals surface area (Å²) >= 11 is 1.64. The summed E-state index contributed by atoms with van der Waals surface area (Å²) in [7, 11) is 1.99. The van der Waals surface area contributed by atoms with Crippen LogP contribution in [0.25, 0.3) is 11.5 Å². The van der Waals surface area contributed by atoms with E-state index < -0.39 is 0 Å². The van der Waals surface area contributed by atoms with E-state index in [1.165, 1.54) is 6.42 Å². The lowest BCUT2D eigenvalue weighted by molar-refractivity contribution is 0.237. The predicted molar refractivity (Wildman–Crippen MR) is 93.5 cm³/mol. The van der Waals surface area contributed by atoms with Crippen LogP contribution in [0.2, 0.25) is 0 Å². The fourth-order valence-electron chi connectivity index (χ4n) is 3.30. The molecule has 0 amide bonds. The van der Waals surface area contributed by atoms with Crippen molar-refractivity contribution < 1.29 is 0 Å². The van der Waals surface area contributed by atoms with Gasteiger partial charge in [-0.2, -0.15) is 0 Å². The zero-order valence-corrected chi connectivity index (χ0v) is 14.7. The lowest BCUT2D eigenvalue weighted by Gasteiger charge is -2.23. The van der Waals surface area contributed by atoms with Gasteiger partial charge < -0.3 is 4.57 Å². The largest absolute Gasteiger partial charge is 0.333 e. The van der Waals surface area contributed by atoms with Crippen LogP contribution in [0, 0.1) is 6.92 Å². The van der Waals surface area contributed by atoms with Crippen molar-refractivity contribution in [3.63, 3.8) is 0 Å². The second-order valence-electron chi connectivity index (χ2n) is 6.22. The van der Waals surface area contributed by atoms with Crippen molar-refractivity contribution in [3.05, 3.63) is 46.6 Å². The van der Waals surface area contributed by atoms with Crippen LogP contribution in [0.4, 0.5) is 0 Å². The number of aromatic nitrogens is 5. The van der Waals surface area contributed by atoms with E-state index in [9.17, 15) is 0 Å². The summed E-state index contributed by atoms with van der Waals surface area (Å²) in [6, 6.07) is 2.26. The number of hydrogen-bond acceptors (Lipinski definition) is 6. The molecule has 0 spiro atoms. The average molecular weight is 340 g/mol. The lowest BCUT2D eigenvalue weighted by Crippen LogP contribution is -2.24. The molecule has 7 heteroatoms. The van der Waals surface area contributed by atoms with Crippen molar-refractivity contribution in [2.45, 2.75) is 32.4 Å². The number of hydrogen-bond donors (Lipinski definition) is 0. The second-order valence-corrected chi connectivity index (χ2v) is 6.94. The van der Waals surface area contributed by atoms with Crippen LogP contribution >= 0.6 is 11.3 Å². The number of imidazole rings is 1. The Bertz CT molecular complexity index is 825. The monoisotopic (exact) mass is 340 g/mol. The van der Waals surface area contributed by atoms with Gasteiger partial charge in [-0.3, -0.25) is 4.90 Å². The topological polar surface area (TPSA) is 59.7 Å². The molecule has 4 rings (SSSR count). The van der Waals surface area contributed by atoms with Gasteiger partial charge in [0.15, 0.2) is 5.82 Å². The van der Waals surface area contributed by atoms with Crippen LogP contribution in [0.1, 0.15) is 36.1 Å². The van der Waals surface area contributed by atoms with Crippen LogP contribution in [0.15, 0.2) is 29.4 Å². The highest BCUT2D eigenvalue weighted by Gasteiger charge is 2.29. The molecular weight excluding hydrogens is 320 g/mol. The maximum atomic E-state index is 4.84. The molecule has 1 atom stereocenters. The first-order chi connectivity index (χ1) is 11.7. The molecule has 0 aliphatic carbocycles. The van der Waals surface area contributed by atoms with Crippen molar-refractivity contribution in [1.29, 1.82) is 0 Å². The standard InChI is InChI=1S/C17H20N6S/c1-12-8-14(17-18-5-7-22(17)2)21-16(20-12)15-4-3-6-23(15)9-13-10-24-11-19-13/h5,7-8,10-11,15H,3-4,6,9H2,1-2H3/t15-/m1/s1. The smallest absolute Gasteiger partial charge is 0.158 e. The van der Waals surface area contributed by atoms with E-state index in [2.05, 4.69) is 20.2 Å². The Morgan fingerprint density at radius 2 is 2.21 bits per heavy atom. The van der Waals surface area contributed by atoms with Crippen molar-refractivity contribution >= 4 is 11.3 Å². The molecule has 0 bridgehead atoms. The van der Waals surface area contributed by atoms with Gasteiger partial charge in [-0.05, 0) is 32.4 Å². The van der Waals surface area contributed by atoms with Crippen molar-refractivity contribution in [1.82, 2.24) is 29.4 Å². The molecule has 3 aromatic rings. The van der Waals surface area contributed by atoms with Gasteiger partial charge >= 0.3 is 0 Å². The van der Waals surface area contributed by atoms with Gasteiger partial charge in [-0.15, -0.1) is 11.3 Å². The van der Waals surface area contributed by atoms with Gasteiger partial charge in [-0.25, -0.2) is 19.9 Å². The number of rotatable bonds is 4. The molecule has 1 fully saturated rings. The zero-order valence-electron chi connectivity index (χ0n) is 13.9. The number of nitrogens with zero attached hydrogens (tertiary/aromatic N) is 6. The molecule has 0 radical (unpaired) electrons. The van der Waals surface area contributed by atoms with Crippen molar-refractivity contribution in [2.75, 3.05) is 6.54 Å². The van der Waals surface area contributed by atoms with E-state index in [1.807, 2.05) is 36.3 Å². The van der Waals surface area contributed by atoms with E-state index in [1.54, 1.807) is 17.5 Å². The Morgan fingerprint density at radius 1 is 1.29 bits per heavy atom. The maximum Gasteiger partial charge on any atom is 0.158 e. The first kappa shape index (κ1) is 15.4. The Hall–Kier alpha value is -2.12. The summed E-state index contributed by atoms with van der Waals surface area (Å²) in [6.45, 7) is 3.96. The number of aryl methyl sites for hydroxylation is 2. The molecule has 3 aromatic heterocycles. The molecule has 1 aliphatic heterocycles. The quantitative estimate of drug-likeness (QED) is 0.731. The fraction of sp³-hybridized carbons (Fsp3) is 0.412. The van der Waals surface area contributed by atoms with Gasteiger partial charge in [0.1, 0.15) is 11.5 Å². The van der Waals surface area contributed by atoms with Crippen LogP contribution in [-0.2, 0) is 13.6 Å². The Balaban J connectivity index is 1.65. The third-order valence-corrected chi connectivity index (χ3v) is 5.07. The molecule has 0 N–H and O–H groups in total. The number of likely N-dealkylation sites (tertiary alicyclic amines) is 1. The van der Waals surface area contributed by atoms with Gasteiger partial charge in [0.05, 0.1) is 17.2 Å². The molecule has 124 valence electrons. The summed E-state index contributed by atoms with van der Waals surface area (Å²) in [5, 5.41) is 2.12. The van der Waals surface area contributed by atoms with Crippen molar-refractivity contribution in [3.8, 4) is 11.5 Å². The first-order valence-electron chi connectivity index (χ1n) is 8.15. The predicted octanol–water partition coefficient (Wildman–Crippen LogP) is 2.98. The minimum Gasteiger partial charge on any atom is -0.333 e. The van der Waals surface area contributed by atoms with Gasteiger partial charge in [0, 0.05) is 37.1 Å². The fourth-order valence-corrected chi connectivity index (χ4v) is 3.85. The normalized spacial score (nSPS) is 18.3.